The van der Waals surface area contributed by atoms with Crippen molar-refractivity contribution >= 4 is 17.3 Å². The molecule has 21 heavy (non-hydrogen) atoms. The van der Waals surface area contributed by atoms with Crippen LogP contribution in [0.4, 0.5) is 5.69 Å². The highest BCUT2D eigenvalue weighted by Gasteiger charge is 2.22. The molecule has 2 aromatic rings. The van der Waals surface area contributed by atoms with Crippen LogP contribution in [-0.2, 0) is 12.0 Å². The molecule has 2 rings (SSSR count). The fourth-order valence-electron chi connectivity index (χ4n) is 1.51. The first-order valence-electron chi connectivity index (χ1n) is 6.17. The lowest BCUT2D eigenvalue weighted by atomic mass is 9.96. The molecule has 0 N–H and O–H groups in total. The number of halogens is 1. The van der Waals surface area contributed by atoms with Gasteiger partial charge in [0.2, 0.25) is 0 Å². The Hall–Kier alpha value is -2.15. The second-order valence-corrected chi connectivity index (χ2v) is 5.86. The Bertz CT molecular complexity index is 664. The number of nitro benzene ring substituents is 1. The Morgan fingerprint density at radius 2 is 2.14 bits per heavy atom. The van der Waals surface area contributed by atoms with Crippen LogP contribution in [0, 0.1) is 10.1 Å². The molecule has 8 heteroatoms. The Kier molecular flexibility index (Phi) is 4.13. The van der Waals surface area contributed by atoms with E-state index < -0.39 is 4.92 Å². The van der Waals surface area contributed by atoms with Crippen LogP contribution in [0.5, 0.6) is 5.75 Å². The first-order chi connectivity index (χ1) is 9.77. The average Bonchev–Trinajstić information content (AvgIpc) is 2.85. The van der Waals surface area contributed by atoms with Gasteiger partial charge in [-0.1, -0.05) is 37.5 Å². The summed E-state index contributed by atoms with van der Waals surface area (Å²) in [6, 6.07) is 4.17. The zero-order chi connectivity index (χ0) is 15.6. The molecule has 1 heterocycles. The Morgan fingerprint density at radius 1 is 1.43 bits per heavy atom. The topological polar surface area (TPSA) is 91.3 Å². The van der Waals surface area contributed by atoms with E-state index in [4.69, 9.17) is 20.9 Å². The summed E-state index contributed by atoms with van der Waals surface area (Å²) in [5.41, 5.74) is -0.452. The highest BCUT2D eigenvalue weighted by molar-refractivity contribution is 6.30. The molecule has 0 aliphatic carbocycles. The molecule has 0 bridgehead atoms. The number of hydrogen-bond acceptors (Lipinski definition) is 6. The van der Waals surface area contributed by atoms with Gasteiger partial charge in [-0.05, 0) is 12.1 Å². The molecule has 0 saturated carbocycles. The van der Waals surface area contributed by atoms with Crippen LogP contribution in [0.2, 0.25) is 5.02 Å². The second kappa shape index (κ2) is 5.69. The summed E-state index contributed by atoms with van der Waals surface area (Å²) >= 11 is 5.73. The molecule has 0 radical (unpaired) electrons. The quantitative estimate of drug-likeness (QED) is 0.634. The SMILES string of the molecule is CC(C)(C)c1noc(COc2ccc(Cl)cc2[N+](=O)[O-])n1. The normalized spacial score (nSPS) is 11.4. The zero-order valence-electron chi connectivity index (χ0n) is 11.8. The Balaban J connectivity index is 2.13. The third kappa shape index (κ3) is 3.69. The van der Waals surface area contributed by atoms with Crippen molar-refractivity contribution in [2.45, 2.75) is 32.8 Å². The number of benzene rings is 1. The Morgan fingerprint density at radius 3 is 2.71 bits per heavy atom. The molecule has 1 aromatic heterocycles. The third-order valence-corrected chi connectivity index (χ3v) is 2.84. The lowest BCUT2D eigenvalue weighted by molar-refractivity contribution is -0.385. The number of aromatic nitrogens is 2. The molecule has 0 spiro atoms. The van der Waals surface area contributed by atoms with E-state index in [0.29, 0.717) is 5.82 Å². The molecule has 7 nitrogen and oxygen atoms in total. The van der Waals surface area contributed by atoms with Crippen molar-refractivity contribution in [1.29, 1.82) is 0 Å². The maximum Gasteiger partial charge on any atom is 0.312 e. The molecular weight excluding hydrogens is 298 g/mol. The number of hydrogen-bond donors (Lipinski definition) is 0. The highest BCUT2D eigenvalue weighted by Crippen LogP contribution is 2.30. The number of rotatable bonds is 4. The Labute approximate surface area is 126 Å². The van der Waals surface area contributed by atoms with E-state index in [0.717, 1.165) is 0 Å². The number of nitro groups is 1. The van der Waals surface area contributed by atoms with E-state index >= 15 is 0 Å². The van der Waals surface area contributed by atoms with E-state index in [-0.39, 0.29) is 34.4 Å². The van der Waals surface area contributed by atoms with Crippen molar-refractivity contribution in [3.63, 3.8) is 0 Å². The predicted molar refractivity (Wildman–Crippen MR) is 75.4 cm³/mol. The summed E-state index contributed by atoms with van der Waals surface area (Å²) in [4.78, 5) is 14.6. The van der Waals surface area contributed by atoms with E-state index in [1.54, 1.807) is 0 Å². The van der Waals surface area contributed by atoms with Crippen molar-refractivity contribution in [3.05, 3.63) is 45.1 Å². The van der Waals surface area contributed by atoms with Crippen molar-refractivity contribution < 1.29 is 14.2 Å². The van der Waals surface area contributed by atoms with Crippen LogP contribution in [0.15, 0.2) is 22.7 Å². The van der Waals surface area contributed by atoms with E-state index in [1.165, 1.54) is 18.2 Å². The molecule has 0 amide bonds. The first kappa shape index (κ1) is 15.2. The van der Waals surface area contributed by atoms with Crippen LogP contribution in [0.25, 0.3) is 0 Å². The fraction of sp³-hybridized carbons (Fsp3) is 0.385. The number of ether oxygens (including phenoxy) is 1. The molecule has 0 saturated heterocycles. The van der Waals surface area contributed by atoms with Gasteiger partial charge in [0.1, 0.15) is 0 Å². The van der Waals surface area contributed by atoms with Gasteiger partial charge in [0.15, 0.2) is 18.2 Å². The van der Waals surface area contributed by atoms with E-state index in [9.17, 15) is 10.1 Å². The van der Waals surface area contributed by atoms with Crippen molar-refractivity contribution in [3.8, 4) is 5.75 Å². The standard InChI is InChI=1S/C13H14ClN3O4/c1-13(2,3)12-15-11(21-16-12)7-20-10-5-4-8(14)6-9(10)17(18)19/h4-6H,7H2,1-3H3. The van der Waals surface area contributed by atoms with Crippen molar-refractivity contribution in [2.75, 3.05) is 0 Å². The third-order valence-electron chi connectivity index (χ3n) is 2.61. The fourth-order valence-corrected chi connectivity index (χ4v) is 1.68. The largest absolute Gasteiger partial charge is 0.477 e. The van der Waals surface area contributed by atoms with Crippen molar-refractivity contribution in [2.24, 2.45) is 0 Å². The monoisotopic (exact) mass is 311 g/mol. The van der Waals surface area contributed by atoms with E-state index in [1.807, 2.05) is 20.8 Å². The molecule has 1 aromatic carbocycles. The van der Waals surface area contributed by atoms with Gasteiger partial charge in [0.25, 0.3) is 5.89 Å². The minimum Gasteiger partial charge on any atom is -0.477 e. The maximum atomic E-state index is 10.9. The van der Waals surface area contributed by atoms with Gasteiger partial charge in [-0.25, -0.2) is 0 Å². The van der Waals surface area contributed by atoms with Gasteiger partial charge in [-0.2, -0.15) is 4.98 Å². The summed E-state index contributed by atoms with van der Waals surface area (Å²) in [5.74, 6) is 0.899. The van der Waals surface area contributed by atoms with Gasteiger partial charge in [-0.15, -0.1) is 0 Å². The minimum absolute atomic E-state index is 0.0500. The molecule has 0 atom stereocenters. The molecule has 0 aliphatic rings. The molecule has 0 aliphatic heterocycles. The maximum absolute atomic E-state index is 10.9. The van der Waals surface area contributed by atoms with E-state index in [2.05, 4.69) is 10.1 Å². The molecule has 0 unspecified atom stereocenters. The summed E-state index contributed by atoms with van der Waals surface area (Å²) in [5, 5.41) is 15.1. The minimum atomic E-state index is -0.560. The van der Waals surface area contributed by atoms with Crippen LogP contribution >= 0.6 is 11.6 Å². The van der Waals surface area contributed by atoms with Crippen LogP contribution in [0.1, 0.15) is 32.5 Å². The van der Waals surface area contributed by atoms with Gasteiger partial charge in [-0.3, -0.25) is 10.1 Å². The van der Waals surface area contributed by atoms with Gasteiger partial charge < -0.3 is 9.26 Å². The van der Waals surface area contributed by atoms with Crippen LogP contribution in [-0.4, -0.2) is 15.1 Å². The van der Waals surface area contributed by atoms with Gasteiger partial charge >= 0.3 is 5.69 Å². The first-order valence-corrected chi connectivity index (χ1v) is 6.55. The number of nitrogens with zero attached hydrogens (tertiary/aromatic N) is 3. The van der Waals surface area contributed by atoms with Crippen LogP contribution < -0.4 is 4.74 Å². The van der Waals surface area contributed by atoms with Crippen molar-refractivity contribution in [1.82, 2.24) is 10.1 Å². The summed E-state index contributed by atoms with van der Waals surface area (Å²) in [7, 11) is 0. The summed E-state index contributed by atoms with van der Waals surface area (Å²) in [6.45, 7) is 5.80. The summed E-state index contributed by atoms with van der Waals surface area (Å²) in [6.07, 6.45) is 0. The second-order valence-electron chi connectivity index (χ2n) is 5.42. The lowest BCUT2D eigenvalue weighted by Gasteiger charge is -2.10. The van der Waals surface area contributed by atoms with Gasteiger partial charge in [0, 0.05) is 16.5 Å². The smallest absolute Gasteiger partial charge is 0.312 e. The predicted octanol–water partition coefficient (Wildman–Crippen LogP) is 3.51. The lowest BCUT2D eigenvalue weighted by Crippen LogP contribution is -2.13. The van der Waals surface area contributed by atoms with Gasteiger partial charge in [0.05, 0.1) is 4.92 Å². The average molecular weight is 312 g/mol. The summed E-state index contributed by atoms with van der Waals surface area (Å²) < 4.78 is 10.4. The molecule has 112 valence electrons. The van der Waals surface area contributed by atoms with Crippen LogP contribution in [0.3, 0.4) is 0 Å². The zero-order valence-corrected chi connectivity index (χ0v) is 12.5. The molecular formula is C13H14ClN3O4. The highest BCUT2D eigenvalue weighted by atomic mass is 35.5. The molecule has 0 fully saturated rings.